The van der Waals surface area contributed by atoms with Crippen molar-refractivity contribution >= 4 is 0 Å². The highest BCUT2D eigenvalue weighted by Gasteiger charge is 2.35. The predicted octanol–water partition coefficient (Wildman–Crippen LogP) is 12.2. The van der Waals surface area contributed by atoms with Crippen LogP contribution in [0.3, 0.4) is 0 Å². The van der Waals surface area contributed by atoms with Crippen molar-refractivity contribution in [3.63, 3.8) is 0 Å². The molecule has 308 valence electrons. The molecule has 0 amide bonds. The van der Waals surface area contributed by atoms with E-state index in [9.17, 15) is 0 Å². The molecule has 4 heterocycles. The van der Waals surface area contributed by atoms with E-state index in [4.69, 9.17) is 19.9 Å². The first kappa shape index (κ1) is 36.4. The largest absolute Gasteiger partial charge is 0.345 e. The van der Waals surface area contributed by atoms with Crippen molar-refractivity contribution in [2.75, 3.05) is 0 Å². The molecule has 4 N–H and O–H groups in total. The number of nitrogens with one attached hydrogen (secondary N) is 4. The van der Waals surface area contributed by atoms with Crippen molar-refractivity contribution in [1.29, 1.82) is 0 Å². The van der Waals surface area contributed by atoms with Crippen molar-refractivity contribution in [1.82, 2.24) is 39.9 Å². The average Bonchev–Trinajstić information content (AvgIpc) is 4.07. The van der Waals surface area contributed by atoms with Gasteiger partial charge in [0.05, 0.1) is 22.8 Å². The first-order chi connectivity index (χ1) is 29.9. The minimum atomic E-state index is 0.428. The van der Waals surface area contributed by atoms with Gasteiger partial charge in [-0.2, -0.15) is 0 Å². The number of hydrogen-bond acceptors (Lipinski definition) is 4. The van der Waals surface area contributed by atoms with E-state index in [1.807, 2.05) is 0 Å². The van der Waals surface area contributed by atoms with Gasteiger partial charge in [0.1, 0.15) is 23.3 Å². The summed E-state index contributed by atoms with van der Waals surface area (Å²) in [6.45, 7) is 17.6. The molecule has 8 aromatic rings. The van der Waals surface area contributed by atoms with Gasteiger partial charge in [-0.25, -0.2) is 19.9 Å². The molecule has 0 bridgehead atoms. The number of hydrogen-bond donors (Lipinski definition) is 4. The fourth-order valence-corrected chi connectivity index (χ4v) is 11.4. The van der Waals surface area contributed by atoms with Crippen LogP contribution in [0.1, 0.15) is 170 Å². The average molecular weight is 813 g/mol. The van der Waals surface area contributed by atoms with Crippen LogP contribution in [-0.2, 0) is 38.5 Å². The van der Waals surface area contributed by atoms with Gasteiger partial charge in [0.25, 0.3) is 0 Å². The van der Waals surface area contributed by atoms with Gasteiger partial charge in [-0.3, -0.25) is 0 Å². The summed E-state index contributed by atoms with van der Waals surface area (Å²) >= 11 is 0. The zero-order chi connectivity index (χ0) is 42.0. The lowest BCUT2D eigenvalue weighted by molar-refractivity contribution is 0.789. The van der Waals surface area contributed by atoms with E-state index in [1.54, 1.807) is 0 Å². The highest BCUT2D eigenvalue weighted by atomic mass is 15.0. The molecule has 0 spiro atoms. The number of fused-ring (bicyclic) bond motifs is 20. The molecule has 4 aromatic heterocycles. The van der Waals surface area contributed by atoms with Gasteiger partial charge in [-0.1, -0.05) is 79.7 Å². The van der Waals surface area contributed by atoms with Crippen LogP contribution in [0.2, 0.25) is 0 Å². The van der Waals surface area contributed by atoms with E-state index < -0.39 is 0 Å². The van der Waals surface area contributed by atoms with Crippen molar-refractivity contribution in [2.45, 2.75) is 118 Å². The maximum absolute atomic E-state index is 4.94. The number of nitrogens with zero attached hydrogens (tertiary/aromatic N) is 4. The van der Waals surface area contributed by atoms with E-state index in [0.29, 0.717) is 23.7 Å². The maximum Gasteiger partial charge on any atom is 0.109 e. The van der Waals surface area contributed by atoms with Crippen LogP contribution in [0.4, 0.5) is 0 Å². The van der Waals surface area contributed by atoms with Crippen molar-refractivity contribution < 1.29 is 0 Å². The third kappa shape index (κ3) is 5.06. The molecule has 0 fully saturated rings. The predicted molar refractivity (Wildman–Crippen MR) is 247 cm³/mol. The lowest BCUT2D eigenvalue weighted by Gasteiger charge is -2.08. The highest BCUT2D eigenvalue weighted by Crippen LogP contribution is 2.51. The smallest absolute Gasteiger partial charge is 0.109 e. The van der Waals surface area contributed by atoms with Crippen molar-refractivity contribution in [3.8, 4) is 67.3 Å². The quantitative estimate of drug-likeness (QED) is 0.142. The lowest BCUT2D eigenvalue weighted by atomic mass is 9.97. The molecule has 6 aliphatic rings. The van der Waals surface area contributed by atoms with Gasteiger partial charge < -0.3 is 19.9 Å². The monoisotopic (exact) mass is 812 g/mol. The summed E-state index contributed by atoms with van der Waals surface area (Å²) in [7, 11) is 0. The number of aromatic nitrogens is 8. The molecule has 62 heavy (non-hydrogen) atoms. The Morgan fingerprint density at radius 1 is 0.323 bits per heavy atom. The van der Waals surface area contributed by atoms with E-state index in [0.717, 1.165) is 61.8 Å². The number of benzene rings is 4. The summed E-state index contributed by atoms with van der Waals surface area (Å²) in [5.74, 6) is 6.13. The molecule has 4 aromatic carbocycles. The fraction of sp³-hybridized carbons (Fsp3) is 0.333. The zero-order valence-corrected chi connectivity index (χ0v) is 37.0. The molecule has 0 saturated carbocycles. The molecule has 14 rings (SSSR count). The first-order valence-electron chi connectivity index (χ1n) is 22.9. The van der Waals surface area contributed by atoms with E-state index in [1.165, 1.54) is 135 Å². The molecular weight excluding hydrogens is 761 g/mol. The Labute approximate surface area is 362 Å². The minimum Gasteiger partial charge on any atom is -0.345 e. The molecule has 0 unspecified atom stereocenters. The van der Waals surface area contributed by atoms with E-state index >= 15 is 0 Å². The number of H-pyrrole nitrogens is 4. The summed E-state index contributed by atoms with van der Waals surface area (Å²) in [5, 5.41) is 0. The first-order valence-corrected chi connectivity index (χ1v) is 22.9. The molecule has 0 atom stereocenters. The van der Waals surface area contributed by atoms with Crippen LogP contribution in [0.25, 0.3) is 67.3 Å². The summed E-state index contributed by atoms with van der Waals surface area (Å²) < 4.78 is 0. The Morgan fingerprint density at radius 2 is 0.613 bits per heavy atom. The van der Waals surface area contributed by atoms with Crippen molar-refractivity contribution in [2.24, 2.45) is 0 Å². The number of rotatable bonds is 4. The summed E-state index contributed by atoms with van der Waals surface area (Å²) in [6.07, 6.45) is 5.90. The van der Waals surface area contributed by atoms with E-state index in [2.05, 4.69) is 124 Å². The minimum absolute atomic E-state index is 0.428. The number of imidazole rings is 4. The summed E-state index contributed by atoms with van der Waals surface area (Å²) in [4.78, 5) is 34.1. The summed E-state index contributed by atoms with van der Waals surface area (Å²) in [5.41, 5.74) is 32.4. The Hall–Kier alpha value is -6.28. The molecule has 8 nitrogen and oxygen atoms in total. The van der Waals surface area contributed by atoms with Gasteiger partial charge >= 0.3 is 0 Å². The highest BCUT2D eigenvalue weighted by molar-refractivity contribution is 5.90. The molecule has 8 heteroatoms. The standard InChI is InChI=1S/2C27H26N4/c1-12(2)26-28-22-10-16-6-18-14(8-20(16)24(22)30-26)5-15-9-21-17(7-19(15)18)11-23-25(21)31-27(29-23)13(3)4;1-12(2)26-28-22-10-20-16(24(22)30-26)7-5-14-15-6-8-17-21(19(15)9-18(14)20)11-23-25(17)31-27(29-23)13(3)4/h6-9,12-13H,5,10-11H2,1-4H3,(H,28,30)(H,29,31);5-8,12-13H,9-11H2,1-4H3,(H,28,30)(H,29,31). The van der Waals surface area contributed by atoms with Crippen LogP contribution in [0.15, 0.2) is 48.5 Å². The molecule has 0 radical (unpaired) electrons. The fourth-order valence-electron chi connectivity index (χ4n) is 11.4. The maximum atomic E-state index is 4.94. The van der Waals surface area contributed by atoms with Crippen LogP contribution in [0, 0.1) is 0 Å². The Bertz CT molecular complexity index is 3050. The Morgan fingerprint density at radius 3 is 0.984 bits per heavy atom. The third-order valence-corrected chi connectivity index (χ3v) is 14.7. The normalized spacial score (nSPS) is 14.6. The second-order valence-corrected chi connectivity index (χ2v) is 20.0. The molecule has 0 aliphatic heterocycles. The van der Waals surface area contributed by atoms with E-state index in [-0.39, 0.29) is 0 Å². The van der Waals surface area contributed by atoms with Crippen LogP contribution in [0.5, 0.6) is 0 Å². The lowest BCUT2D eigenvalue weighted by Crippen LogP contribution is -1.97. The topological polar surface area (TPSA) is 115 Å². The second-order valence-electron chi connectivity index (χ2n) is 20.0. The number of aromatic amines is 4. The summed E-state index contributed by atoms with van der Waals surface area (Å²) in [6, 6.07) is 18.9. The molecule has 6 aliphatic carbocycles. The Balaban J connectivity index is 0.000000126. The van der Waals surface area contributed by atoms with Crippen LogP contribution in [-0.4, -0.2) is 39.9 Å². The van der Waals surface area contributed by atoms with Gasteiger partial charge in [0.2, 0.25) is 0 Å². The van der Waals surface area contributed by atoms with Gasteiger partial charge in [-0.05, 0) is 104 Å². The second kappa shape index (κ2) is 12.7. The molecule has 0 saturated heterocycles. The van der Waals surface area contributed by atoms with Crippen LogP contribution >= 0.6 is 0 Å². The van der Waals surface area contributed by atoms with Gasteiger partial charge in [-0.15, -0.1) is 0 Å². The molecular formula is C54H52N8. The Kier molecular flexibility index (Phi) is 7.42. The van der Waals surface area contributed by atoms with Gasteiger partial charge in [0.15, 0.2) is 0 Å². The van der Waals surface area contributed by atoms with Crippen molar-refractivity contribution in [3.05, 3.63) is 139 Å². The zero-order valence-electron chi connectivity index (χ0n) is 37.0. The van der Waals surface area contributed by atoms with Crippen LogP contribution < -0.4 is 0 Å². The SMILES string of the molecule is CC(C)c1nc2c([nH]1)Cc1c-2ccc2c1Cc1c-2ccc2c1Cc1[nH]c(C(C)C)nc1-2.CC(C)c1nc2c([nH]1)Cc1cc3c(cc1-2)Cc1cc2c(cc1-3)Cc1[nH]c(C(C)C)nc1-2. The third-order valence-electron chi connectivity index (χ3n) is 14.7. The van der Waals surface area contributed by atoms with Gasteiger partial charge in [0, 0.05) is 94.4 Å².